The Morgan fingerprint density at radius 2 is 2.27 bits per heavy atom. The summed E-state index contributed by atoms with van der Waals surface area (Å²) in [4.78, 5) is 3.31. The number of halogens is 3. The van der Waals surface area contributed by atoms with Gasteiger partial charge in [0.15, 0.2) is 0 Å². The minimum Gasteiger partial charge on any atom is -0.357 e. The molecule has 0 aliphatic rings. The van der Waals surface area contributed by atoms with E-state index in [4.69, 9.17) is 6.42 Å². The number of nitrogens with zero attached hydrogens (tertiary/aromatic N) is 2. The number of hydrogen-bond acceptors (Lipinski definition) is 4. The molecule has 1 heterocycles. The van der Waals surface area contributed by atoms with Crippen molar-refractivity contribution in [3.63, 3.8) is 0 Å². The van der Waals surface area contributed by atoms with Gasteiger partial charge in [-0.15, -0.1) is 12.3 Å². The topological polar surface area (TPSA) is 37.8 Å². The first kappa shape index (κ1) is 11.8. The third-order valence-electron chi connectivity index (χ3n) is 1.47. The smallest absolute Gasteiger partial charge is 0.357 e. The van der Waals surface area contributed by atoms with Crippen LogP contribution < -0.4 is 5.32 Å². The quantitative estimate of drug-likeness (QED) is 0.817. The zero-order valence-corrected chi connectivity index (χ0v) is 8.61. The first-order valence-electron chi connectivity index (χ1n) is 4.04. The molecule has 7 heteroatoms. The van der Waals surface area contributed by atoms with Crippen molar-refractivity contribution < 1.29 is 13.2 Å². The van der Waals surface area contributed by atoms with Gasteiger partial charge in [0.25, 0.3) is 0 Å². The predicted molar refractivity (Wildman–Crippen MR) is 51.4 cm³/mol. The molecule has 1 aromatic rings. The van der Waals surface area contributed by atoms with Crippen molar-refractivity contribution in [1.82, 2.24) is 9.36 Å². The lowest BCUT2D eigenvalue weighted by atomic mass is 10.2. The fourth-order valence-corrected chi connectivity index (χ4v) is 1.53. The number of anilines is 1. The van der Waals surface area contributed by atoms with Crippen LogP contribution in [0.1, 0.15) is 19.2 Å². The summed E-state index contributed by atoms with van der Waals surface area (Å²) in [6.45, 7) is 1.76. The van der Waals surface area contributed by atoms with E-state index >= 15 is 0 Å². The van der Waals surface area contributed by atoms with Crippen LogP contribution in [0.15, 0.2) is 0 Å². The lowest BCUT2D eigenvalue weighted by Gasteiger charge is -2.07. The van der Waals surface area contributed by atoms with Crippen LogP contribution in [0.5, 0.6) is 0 Å². The van der Waals surface area contributed by atoms with Crippen molar-refractivity contribution >= 4 is 16.7 Å². The van der Waals surface area contributed by atoms with Gasteiger partial charge in [0.2, 0.25) is 11.0 Å². The third kappa shape index (κ3) is 3.40. The molecular formula is C8H8F3N3S. The normalized spacial score (nSPS) is 13.3. The number of aromatic nitrogens is 2. The second-order valence-corrected chi connectivity index (χ2v) is 3.63. The molecule has 0 bridgehead atoms. The van der Waals surface area contributed by atoms with Crippen molar-refractivity contribution in [3.8, 4) is 12.3 Å². The Morgan fingerprint density at radius 3 is 2.73 bits per heavy atom. The average molecular weight is 235 g/mol. The van der Waals surface area contributed by atoms with Crippen molar-refractivity contribution in [2.75, 3.05) is 5.32 Å². The maximum Gasteiger partial charge on any atom is 0.452 e. The number of alkyl halides is 3. The van der Waals surface area contributed by atoms with Crippen LogP contribution in [0.25, 0.3) is 0 Å². The number of hydrogen-bond donors (Lipinski definition) is 1. The van der Waals surface area contributed by atoms with Gasteiger partial charge in [-0.1, -0.05) is 0 Å². The van der Waals surface area contributed by atoms with Crippen LogP contribution >= 0.6 is 11.5 Å². The largest absolute Gasteiger partial charge is 0.452 e. The Kier molecular flexibility index (Phi) is 3.52. The van der Waals surface area contributed by atoms with Crippen LogP contribution in [0.4, 0.5) is 18.3 Å². The van der Waals surface area contributed by atoms with Gasteiger partial charge in [0.1, 0.15) is 0 Å². The average Bonchev–Trinajstić information content (AvgIpc) is 2.52. The molecule has 1 N–H and O–H groups in total. The summed E-state index contributed by atoms with van der Waals surface area (Å²) in [6.07, 6.45) is 0.978. The number of rotatable bonds is 3. The van der Waals surface area contributed by atoms with E-state index in [9.17, 15) is 13.2 Å². The van der Waals surface area contributed by atoms with Gasteiger partial charge in [-0.25, -0.2) is 0 Å². The molecule has 0 radical (unpaired) electrons. The molecule has 0 saturated heterocycles. The highest BCUT2D eigenvalue weighted by Crippen LogP contribution is 2.29. The van der Waals surface area contributed by atoms with Crippen molar-refractivity contribution in [1.29, 1.82) is 0 Å². The van der Waals surface area contributed by atoms with Crippen LogP contribution in [0, 0.1) is 12.3 Å². The minimum absolute atomic E-state index is 0.121. The molecular weight excluding hydrogens is 227 g/mol. The SMILES string of the molecule is C#CCC(C)Nc1nc(C(F)(F)F)ns1. The fraction of sp³-hybridized carbons (Fsp3) is 0.500. The molecule has 0 spiro atoms. The Bertz CT molecular complexity index is 366. The molecule has 1 aromatic heterocycles. The molecule has 0 fully saturated rings. The maximum atomic E-state index is 12.1. The maximum absolute atomic E-state index is 12.1. The van der Waals surface area contributed by atoms with E-state index in [-0.39, 0.29) is 11.2 Å². The first-order chi connectivity index (χ1) is 6.93. The molecule has 1 unspecified atom stereocenters. The van der Waals surface area contributed by atoms with Gasteiger partial charge >= 0.3 is 6.18 Å². The summed E-state index contributed by atoms with van der Waals surface area (Å²) in [5.74, 6) is 1.27. The summed E-state index contributed by atoms with van der Waals surface area (Å²) >= 11 is 0.670. The lowest BCUT2D eigenvalue weighted by molar-refractivity contribution is -0.144. The Hall–Kier alpha value is -1.29. The Morgan fingerprint density at radius 1 is 1.60 bits per heavy atom. The van der Waals surface area contributed by atoms with Crippen LogP contribution in [-0.4, -0.2) is 15.4 Å². The van der Waals surface area contributed by atoms with Gasteiger partial charge in [-0.2, -0.15) is 22.5 Å². The molecule has 1 rings (SSSR count). The van der Waals surface area contributed by atoms with Crippen molar-refractivity contribution in [2.24, 2.45) is 0 Å². The molecule has 82 valence electrons. The van der Waals surface area contributed by atoms with Crippen LogP contribution in [-0.2, 0) is 6.18 Å². The molecule has 0 aromatic carbocycles. The Labute approximate surface area is 88.9 Å². The van der Waals surface area contributed by atoms with Gasteiger partial charge in [0, 0.05) is 24.0 Å². The monoisotopic (exact) mass is 235 g/mol. The fourth-order valence-electron chi connectivity index (χ4n) is 0.836. The zero-order chi connectivity index (χ0) is 11.5. The molecule has 0 aliphatic carbocycles. The highest BCUT2D eigenvalue weighted by Gasteiger charge is 2.36. The molecule has 0 aliphatic heterocycles. The van der Waals surface area contributed by atoms with Gasteiger partial charge < -0.3 is 5.32 Å². The van der Waals surface area contributed by atoms with E-state index < -0.39 is 12.0 Å². The summed E-state index contributed by atoms with van der Waals surface area (Å²) in [7, 11) is 0. The van der Waals surface area contributed by atoms with E-state index in [1.54, 1.807) is 6.92 Å². The van der Waals surface area contributed by atoms with E-state index in [1.165, 1.54) is 0 Å². The molecule has 0 amide bonds. The van der Waals surface area contributed by atoms with E-state index in [1.807, 2.05) is 0 Å². The van der Waals surface area contributed by atoms with Gasteiger partial charge in [-0.05, 0) is 6.92 Å². The predicted octanol–water partition coefficient (Wildman–Crippen LogP) is 2.38. The first-order valence-corrected chi connectivity index (χ1v) is 4.81. The molecule has 3 nitrogen and oxygen atoms in total. The van der Waals surface area contributed by atoms with E-state index in [0.29, 0.717) is 18.0 Å². The van der Waals surface area contributed by atoms with Crippen molar-refractivity contribution in [3.05, 3.63) is 5.82 Å². The van der Waals surface area contributed by atoms with Gasteiger partial charge in [0.05, 0.1) is 0 Å². The van der Waals surface area contributed by atoms with Crippen LogP contribution in [0.3, 0.4) is 0 Å². The lowest BCUT2D eigenvalue weighted by Crippen LogP contribution is -2.14. The molecule has 1 atom stereocenters. The second-order valence-electron chi connectivity index (χ2n) is 2.87. The summed E-state index contributed by atoms with van der Waals surface area (Å²) in [5, 5.41) is 2.87. The van der Waals surface area contributed by atoms with E-state index in [0.717, 1.165) is 0 Å². The zero-order valence-electron chi connectivity index (χ0n) is 7.80. The molecule has 15 heavy (non-hydrogen) atoms. The minimum atomic E-state index is -4.49. The van der Waals surface area contributed by atoms with E-state index in [2.05, 4.69) is 20.6 Å². The standard InChI is InChI=1S/C8H8F3N3S/c1-3-4-5(2)12-7-13-6(14-15-7)8(9,10)11/h1,5H,4H2,2H3,(H,12,13,14). The summed E-state index contributed by atoms with van der Waals surface area (Å²) in [5.41, 5.74) is 0. The number of terminal acetylenes is 1. The highest BCUT2D eigenvalue weighted by molar-refractivity contribution is 7.09. The molecule has 0 saturated carbocycles. The highest BCUT2D eigenvalue weighted by atomic mass is 32.1. The van der Waals surface area contributed by atoms with Gasteiger partial charge in [-0.3, -0.25) is 0 Å². The van der Waals surface area contributed by atoms with Crippen molar-refractivity contribution in [2.45, 2.75) is 25.6 Å². The summed E-state index contributed by atoms with van der Waals surface area (Å²) in [6, 6.07) is -0.121. The Balaban J connectivity index is 2.66. The third-order valence-corrected chi connectivity index (χ3v) is 2.12. The number of nitrogens with one attached hydrogen (secondary N) is 1. The second kappa shape index (κ2) is 4.49. The van der Waals surface area contributed by atoms with Crippen LogP contribution in [0.2, 0.25) is 0 Å². The summed E-state index contributed by atoms with van der Waals surface area (Å²) < 4.78 is 39.5.